The molecule has 1 aliphatic heterocycles. The smallest absolute Gasteiger partial charge is 0.330 e. The van der Waals surface area contributed by atoms with Crippen molar-refractivity contribution in [2.24, 2.45) is 17.8 Å². The van der Waals surface area contributed by atoms with E-state index in [4.69, 9.17) is 21.7 Å². The highest BCUT2D eigenvalue weighted by atomic mass is 32.1. The fraction of sp³-hybridized carbons (Fsp3) is 0.303. The van der Waals surface area contributed by atoms with Gasteiger partial charge in [0, 0.05) is 17.9 Å². The SMILES string of the molecule is C=COC(=O)CN1C(=O)/C(=C/C2C=C(CCc3ccccc3)C(OCCc3ccccc3)=CC2)C2CC2C1=S. The molecule has 200 valence electrons. The van der Waals surface area contributed by atoms with E-state index >= 15 is 0 Å². The average molecular weight is 540 g/mol. The first-order valence-corrected chi connectivity index (χ1v) is 13.9. The van der Waals surface area contributed by atoms with E-state index in [2.05, 4.69) is 61.2 Å². The van der Waals surface area contributed by atoms with E-state index in [-0.39, 0.29) is 30.2 Å². The zero-order valence-corrected chi connectivity index (χ0v) is 22.8. The van der Waals surface area contributed by atoms with E-state index in [0.717, 1.165) is 55.3 Å². The maximum atomic E-state index is 13.4. The highest BCUT2D eigenvalue weighted by molar-refractivity contribution is 7.80. The molecule has 6 heteroatoms. The lowest BCUT2D eigenvalue weighted by atomic mass is 9.88. The number of hydrogen-bond donors (Lipinski definition) is 0. The Balaban J connectivity index is 1.31. The van der Waals surface area contributed by atoms with Gasteiger partial charge in [-0.3, -0.25) is 9.69 Å². The summed E-state index contributed by atoms with van der Waals surface area (Å²) in [6.07, 6.45) is 11.8. The quantitative estimate of drug-likeness (QED) is 0.149. The Hall–Kier alpha value is -3.77. The summed E-state index contributed by atoms with van der Waals surface area (Å²) in [5.74, 6) is 0.563. The van der Waals surface area contributed by atoms with E-state index in [1.165, 1.54) is 16.0 Å². The summed E-state index contributed by atoms with van der Waals surface area (Å²) in [5.41, 5.74) is 4.45. The number of fused-ring (bicyclic) bond motifs is 1. The molecule has 1 heterocycles. The summed E-state index contributed by atoms with van der Waals surface area (Å²) in [6, 6.07) is 20.8. The Morgan fingerprint density at radius 2 is 1.69 bits per heavy atom. The van der Waals surface area contributed by atoms with Gasteiger partial charge < -0.3 is 9.47 Å². The number of amides is 1. The van der Waals surface area contributed by atoms with Crippen molar-refractivity contribution in [1.29, 1.82) is 0 Å². The van der Waals surface area contributed by atoms with Crippen LogP contribution in [0.3, 0.4) is 0 Å². The summed E-state index contributed by atoms with van der Waals surface area (Å²) < 4.78 is 11.1. The van der Waals surface area contributed by atoms with Crippen molar-refractivity contribution in [1.82, 2.24) is 4.90 Å². The van der Waals surface area contributed by atoms with E-state index in [0.29, 0.717) is 11.6 Å². The van der Waals surface area contributed by atoms with Crippen LogP contribution in [0.2, 0.25) is 0 Å². The van der Waals surface area contributed by atoms with Crippen molar-refractivity contribution >= 4 is 29.1 Å². The molecule has 0 spiro atoms. The fourth-order valence-corrected chi connectivity index (χ4v) is 5.77. The molecule has 2 fully saturated rings. The number of carbonyl (C=O) groups excluding carboxylic acids is 2. The Morgan fingerprint density at radius 1 is 1.00 bits per heavy atom. The predicted octanol–water partition coefficient (Wildman–Crippen LogP) is 6.13. The molecule has 2 aromatic carbocycles. The first kappa shape index (κ1) is 26.8. The van der Waals surface area contributed by atoms with Gasteiger partial charge in [-0.15, -0.1) is 0 Å². The van der Waals surface area contributed by atoms with Crippen molar-refractivity contribution in [3.05, 3.63) is 120 Å². The van der Waals surface area contributed by atoms with Crippen LogP contribution in [0.25, 0.3) is 0 Å². The van der Waals surface area contributed by atoms with Crippen molar-refractivity contribution in [2.75, 3.05) is 13.2 Å². The monoisotopic (exact) mass is 539 g/mol. The van der Waals surface area contributed by atoms with E-state index in [9.17, 15) is 9.59 Å². The second-order valence-corrected chi connectivity index (χ2v) is 10.6. The van der Waals surface area contributed by atoms with Crippen molar-refractivity contribution < 1.29 is 19.1 Å². The molecule has 1 saturated carbocycles. The first-order chi connectivity index (χ1) is 19.0. The van der Waals surface area contributed by atoms with Gasteiger partial charge in [0.2, 0.25) is 0 Å². The van der Waals surface area contributed by atoms with Gasteiger partial charge >= 0.3 is 5.97 Å². The van der Waals surface area contributed by atoms with Crippen LogP contribution in [-0.2, 0) is 31.9 Å². The fourth-order valence-electron chi connectivity index (χ4n) is 5.37. The lowest BCUT2D eigenvalue weighted by Crippen LogP contribution is -2.45. The molecule has 0 N–H and O–H groups in total. The minimum Gasteiger partial charge on any atom is -0.493 e. The maximum absolute atomic E-state index is 13.4. The second kappa shape index (κ2) is 12.4. The van der Waals surface area contributed by atoms with Crippen molar-refractivity contribution in [2.45, 2.75) is 32.1 Å². The number of thiocarbonyl (C=S) groups is 1. The summed E-state index contributed by atoms with van der Waals surface area (Å²) in [4.78, 5) is 27.4. The van der Waals surface area contributed by atoms with Crippen LogP contribution < -0.4 is 0 Å². The molecule has 1 amide bonds. The largest absolute Gasteiger partial charge is 0.493 e. The van der Waals surface area contributed by atoms with Crippen LogP contribution in [0.15, 0.2) is 109 Å². The lowest BCUT2D eigenvalue weighted by molar-refractivity contribution is -0.141. The Kier molecular flexibility index (Phi) is 8.52. The Labute approximate surface area is 235 Å². The number of likely N-dealkylation sites (tertiary alicyclic amines) is 1. The predicted molar refractivity (Wildman–Crippen MR) is 155 cm³/mol. The number of carbonyl (C=O) groups is 2. The van der Waals surface area contributed by atoms with Crippen LogP contribution in [0.4, 0.5) is 0 Å². The summed E-state index contributed by atoms with van der Waals surface area (Å²) in [5, 5.41) is 0. The molecule has 5 nitrogen and oxygen atoms in total. The summed E-state index contributed by atoms with van der Waals surface area (Å²) in [7, 11) is 0. The normalized spacial score (nSPS) is 23.0. The van der Waals surface area contributed by atoms with Gasteiger partial charge in [0.05, 0.1) is 17.9 Å². The zero-order valence-electron chi connectivity index (χ0n) is 22.0. The van der Waals surface area contributed by atoms with Crippen molar-refractivity contribution in [3.8, 4) is 0 Å². The lowest BCUT2D eigenvalue weighted by Gasteiger charge is -2.29. The standard InChI is InChI=1S/C33H33NO4S/c1-2-37-31(35)22-34-32(36)28(27-21-29(27)33(34)39)20-25-14-16-30(38-18-17-24-11-7-4-8-12-24)26(19-25)15-13-23-9-5-3-6-10-23/h2-12,16,19-20,25,27,29H,1,13-15,17-18,21-22H2/b28-20+. The number of piperidine rings is 1. The van der Waals surface area contributed by atoms with Crippen LogP contribution >= 0.6 is 12.2 Å². The van der Waals surface area contributed by atoms with Gasteiger partial charge in [-0.1, -0.05) is 91.6 Å². The molecule has 1 saturated heterocycles. The second-order valence-electron chi connectivity index (χ2n) is 10.2. The van der Waals surface area contributed by atoms with E-state index in [1.807, 2.05) is 24.3 Å². The molecule has 2 aliphatic carbocycles. The number of rotatable bonds is 11. The Bertz CT molecular complexity index is 1330. The average Bonchev–Trinajstić information content (AvgIpc) is 3.76. The number of ether oxygens (including phenoxy) is 2. The van der Waals surface area contributed by atoms with Crippen LogP contribution in [-0.4, -0.2) is 34.9 Å². The van der Waals surface area contributed by atoms with E-state index in [1.54, 1.807) is 0 Å². The van der Waals surface area contributed by atoms with Gasteiger partial charge in [0.15, 0.2) is 0 Å². The van der Waals surface area contributed by atoms with E-state index < -0.39 is 5.97 Å². The van der Waals surface area contributed by atoms with Gasteiger partial charge in [0.1, 0.15) is 12.3 Å². The molecule has 2 aromatic rings. The van der Waals surface area contributed by atoms with Crippen LogP contribution in [0.1, 0.15) is 30.4 Å². The van der Waals surface area contributed by atoms with Crippen LogP contribution in [0, 0.1) is 17.8 Å². The number of nitrogens with zero attached hydrogens (tertiary/aromatic N) is 1. The number of allylic oxidation sites excluding steroid dienone is 4. The molecule has 3 unspecified atom stereocenters. The molecule has 3 aliphatic rings. The van der Waals surface area contributed by atoms with Crippen molar-refractivity contribution in [3.63, 3.8) is 0 Å². The summed E-state index contributed by atoms with van der Waals surface area (Å²) in [6.45, 7) is 3.84. The minimum atomic E-state index is -0.542. The molecule has 0 aromatic heterocycles. The summed E-state index contributed by atoms with van der Waals surface area (Å²) >= 11 is 5.53. The molecule has 39 heavy (non-hydrogen) atoms. The third-order valence-electron chi connectivity index (χ3n) is 7.48. The van der Waals surface area contributed by atoms with Crippen LogP contribution in [0.5, 0.6) is 0 Å². The minimum absolute atomic E-state index is 0.0751. The highest BCUT2D eigenvalue weighted by Gasteiger charge is 2.53. The molecular weight excluding hydrogens is 506 g/mol. The number of hydrogen-bond acceptors (Lipinski definition) is 5. The third kappa shape index (κ3) is 6.63. The molecule has 5 rings (SSSR count). The molecular formula is C33H33NO4S. The number of benzene rings is 2. The number of esters is 1. The topological polar surface area (TPSA) is 55.8 Å². The Morgan fingerprint density at radius 3 is 2.38 bits per heavy atom. The maximum Gasteiger partial charge on any atom is 0.330 e. The number of aryl methyl sites for hydroxylation is 1. The van der Waals surface area contributed by atoms with Gasteiger partial charge in [0.25, 0.3) is 5.91 Å². The molecule has 3 atom stereocenters. The molecule has 0 radical (unpaired) electrons. The first-order valence-electron chi connectivity index (χ1n) is 13.5. The van der Waals surface area contributed by atoms with Gasteiger partial charge in [-0.25, -0.2) is 4.79 Å². The zero-order chi connectivity index (χ0) is 27.2. The van der Waals surface area contributed by atoms with Gasteiger partial charge in [-0.05, 0) is 60.3 Å². The third-order valence-corrected chi connectivity index (χ3v) is 8.01. The van der Waals surface area contributed by atoms with Gasteiger partial charge in [-0.2, -0.15) is 0 Å². The molecule has 0 bridgehead atoms. The highest BCUT2D eigenvalue weighted by Crippen LogP contribution is 2.50.